The standard InChI is InChI=1S/C15H16N2O5/c1-22-15(21)12-6-9(18)7-16(12)8-17-13(19)10-4-2-3-5-11(10)14(17)20/h2-5,9,12,18H,6-8H2,1H3/t9-,12-/m0/s1. The van der Waals surface area contributed by atoms with Crippen LogP contribution < -0.4 is 0 Å². The maximum Gasteiger partial charge on any atom is 0.323 e. The van der Waals surface area contributed by atoms with Crippen LogP contribution in [0.15, 0.2) is 24.3 Å². The summed E-state index contributed by atoms with van der Waals surface area (Å²) in [6, 6.07) is 5.96. The summed E-state index contributed by atoms with van der Waals surface area (Å²) in [6.45, 7) is 0.177. The summed E-state index contributed by atoms with van der Waals surface area (Å²) < 4.78 is 4.71. The first-order valence-corrected chi connectivity index (χ1v) is 6.98. The fourth-order valence-corrected chi connectivity index (χ4v) is 2.97. The second-order valence-corrected chi connectivity index (χ2v) is 5.43. The summed E-state index contributed by atoms with van der Waals surface area (Å²) in [4.78, 5) is 39.1. The average Bonchev–Trinajstić information content (AvgIpc) is 3.01. The second kappa shape index (κ2) is 5.51. The van der Waals surface area contributed by atoms with Crippen molar-refractivity contribution in [3.05, 3.63) is 35.4 Å². The van der Waals surface area contributed by atoms with Gasteiger partial charge in [-0.05, 0) is 12.1 Å². The number of nitrogens with zero attached hydrogens (tertiary/aromatic N) is 2. The lowest BCUT2D eigenvalue weighted by molar-refractivity contribution is -0.146. The fraction of sp³-hybridized carbons (Fsp3) is 0.400. The van der Waals surface area contributed by atoms with Gasteiger partial charge in [-0.3, -0.25) is 24.2 Å². The van der Waals surface area contributed by atoms with E-state index in [2.05, 4.69) is 0 Å². The van der Waals surface area contributed by atoms with Gasteiger partial charge in [0.2, 0.25) is 0 Å². The highest BCUT2D eigenvalue weighted by Crippen LogP contribution is 2.25. The number of ether oxygens (including phenoxy) is 1. The zero-order chi connectivity index (χ0) is 15.9. The number of β-amino-alcohol motifs (C(OH)–C–C–N with tert-alkyl or cyclic N) is 1. The third kappa shape index (κ3) is 2.28. The number of amides is 2. The molecule has 2 heterocycles. The molecule has 0 aromatic heterocycles. The molecule has 2 atom stereocenters. The Morgan fingerprint density at radius 1 is 1.27 bits per heavy atom. The van der Waals surface area contributed by atoms with E-state index in [4.69, 9.17) is 4.74 Å². The van der Waals surface area contributed by atoms with Gasteiger partial charge in [-0.2, -0.15) is 0 Å². The minimum atomic E-state index is -0.681. The lowest BCUT2D eigenvalue weighted by atomic mass is 10.1. The maximum absolute atomic E-state index is 12.3. The van der Waals surface area contributed by atoms with Crippen molar-refractivity contribution < 1.29 is 24.2 Å². The molecule has 1 saturated heterocycles. The van der Waals surface area contributed by atoms with Crippen LogP contribution >= 0.6 is 0 Å². The number of methoxy groups -OCH3 is 1. The quantitative estimate of drug-likeness (QED) is 0.617. The monoisotopic (exact) mass is 304 g/mol. The Labute approximate surface area is 127 Å². The third-order valence-corrected chi connectivity index (χ3v) is 4.06. The van der Waals surface area contributed by atoms with Gasteiger partial charge in [-0.1, -0.05) is 12.1 Å². The van der Waals surface area contributed by atoms with Gasteiger partial charge < -0.3 is 9.84 Å². The number of fused-ring (bicyclic) bond motifs is 1. The maximum atomic E-state index is 12.3. The highest BCUT2D eigenvalue weighted by atomic mass is 16.5. The average molecular weight is 304 g/mol. The molecule has 1 fully saturated rings. The van der Waals surface area contributed by atoms with E-state index in [1.165, 1.54) is 7.11 Å². The number of benzene rings is 1. The number of rotatable bonds is 3. The van der Waals surface area contributed by atoms with E-state index < -0.39 is 18.1 Å². The Hall–Kier alpha value is -2.25. The minimum absolute atomic E-state index is 0.0385. The van der Waals surface area contributed by atoms with Gasteiger partial charge in [0.05, 0.1) is 31.0 Å². The largest absolute Gasteiger partial charge is 0.468 e. The van der Waals surface area contributed by atoms with Crippen molar-refractivity contribution in [1.29, 1.82) is 0 Å². The van der Waals surface area contributed by atoms with Crippen molar-refractivity contribution in [3.8, 4) is 0 Å². The first-order valence-electron chi connectivity index (χ1n) is 6.98. The van der Waals surface area contributed by atoms with Crippen LogP contribution in [-0.2, 0) is 9.53 Å². The Balaban J connectivity index is 1.81. The van der Waals surface area contributed by atoms with Gasteiger partial charge in [0.15, 0.2) is 0 Å². The van der Waals surface area contributed by atoms with Crippen LogP contribution in [0, 0.1) is 0 Å². The molecule has 0 bridgehead atoms. The number of hydrogen-bond acceptors (Lipinski definition) is 6. The van der Waals surface area contributed by atoms with E-state index in [1.807, 2.05) is 0 Å². The van der Waals surface area contributed by atoms with Gasteiger partial charge >= 0.3 is 5.97 Å². The predicted molar refractivity (Wildman–Crippen MR) is 74.9 cm³/mol. The molecular formula is C15H16N2O5. The molecule has 0 unspecified atom stereocenters. The first-order chi connectivity index (χ1) is 10.5. The molecule has 7 heteroatoms. The molecule has 116 valence electrons. The molecular weight excluding hydrogens is 288 g/mol. The van der Waals surface area contributed by atoms with Crippen molar-refractivity contribution in [2.24, 2.45) is 0 Å². The number of aliphatic hydroxyl groups excluding tert-OH is 1. The Morgan fingerprint density at radius 3 is 2.41 bits per heavy atom. The van der Waals surface area contributed by atoms with E-state index in [1.54, 1.807) is 29.2 Å². The van der Waals surface area contributed by atoms with E-state index in [9.17, 15) is 19.5 Å². The number of imide groups is 1. The summed E-state index contributed by atoms with van der Waals surface area (Å²) >= 11 is 0. The van der Waals surface area contributed by atoms with E-state index in [0.717, 1.165) is 4.90 Å². The number of hydrogen-bond donors (Lipinski definition) is 1. The molecule has 0 saturated carbocycles. The van der Waals surface area contributed by atoms with Crippen LogP contribution in [0.5, 0.6) is 0 Å². The zero-order valence-electron chi connectivity index (χ0n) is 12.1. The lowest BCUT2D eigenvalue weighted by Gasteiger charge is -2.26. The zero-order valence-corrected chi connectivity index (χ0v) is 12.1. The number of esters is 1. The Bertz CT molecular complexity index is 610. The summed E-state index contributed by atoms with van der Waals surface area (Å²) in [5.74, 6) is -1.25. The number of carbonyl (C=O) groups is 3. The smallest absolute Gasteiger partial charge is 0.323 e. The van der Waals surface area contributed by atoms with Gasteiger partial charge in [0.25, 0.3) is 11.8 Å². The molecule has 0 radical (unpaired) electrons. The predicted octanol–water partition coefficient (Wildman–Crippen LogP) is -0.152. The van der Waals surface area contributed by atoms with Gasteiger partial charge in [-0.25, -0.2) is 0 Å². The minimum Gasteiger partial charge on any atom is -0.468 e. The van der Waals surface area contributed by atoms with Crippen molar-refractivity contribution in [3.63, 3.8) is 0 Å². The fourth-order valence-electron chi connectivity index (χ4n) is 2.97. The molecule has 0 aliphatic carbocycles. The van der Waals surface area contributed by atoms with Gasteiger partial charge in [0, 0.05) is 13.0 Å². The van der Waals surface area contributed by atoms with E-state index >= 15 is 0 Å². The van der Waals surface area contributed by atoms with Crippen LogP contribution in [0.2, 0.25) is 0 Å². The molecule has 1 N–H and O–H groups in total. The number of aliphatic hydroxyl groups is 1. The summed E-state index contributed by atoms with van der Waals surface area (Å²) in [6.07, 6.45) is -0.449. The first kappa shape index (κ1) is 14.7. The van der Waals surface area contributed by atoms with E-state index in [0.29, 0.717) is 11.1 Å². The lowest BCUT2D eigenvalue weighted by Crippen LogP contribution is -2.46. The van der Waals surface area contributed by atoms with Gasteiger partial charge in [-0.15, -0.1) is 0 Å². The molecule has 22 heavy (non-hydrogen) atoms. The molecule has 2 aliphatic heterocycles. The van der Waals surface area contributed by atoms with Gasteiger partial charge in [0.1, 0.15) is 6.04 Å². The molecule has 2 aliphatic rings. The molecule has 0 spiro atoms. The molecule has 1 aromatic carbocycles. The SMILES string of the molecule is COC(=O)[C@@H]1C[C@H](O)CN1CN1C(=O)c2ccccc2C1=O. The molecule has 1 aromatic rings. The van der Waals surface area contributed by atoms with Crippen molar-refractivity contribution in [2.45, 2.75) is 18.6 Å². The van der Waals surface area contributed by atoms with Crippen LogP contribution in [0.3, 0.4) is 0 Å². The topological polar surface area (TPSA) is 87.2 Å². The van der Waals surface area contributed by atoms with Crippen LogP contribution in [-0.4, -0.2) is 65.2 Å². The van der Waals surface area contributed by atoms with Crippen LogP contribution in [0.4, 0.5) is 0 Å². The summed E-state index contributed by atoms with van der Waals surface area (Å²) in [7, 11) is 1.27. The highest BCUT2D eigenvalue weighted by Gasteiger charge is 2.42. The highest BCUT2D eigenvalue weighted by molar-refractivity contribution is 6.21. The van der Waals surface area contributed by atoms with Crippen molar-refractivity contribution in [1.82, 2.24) is 9.80 Å². The van der Waals surface area contributed by atoms with Crippen molar-refractivity contribution in [2.75, 3.05) is 20.3 Å². The number of carbonyl (C=O) groups excluding carboxylic acids is 3. The van der Waals surface area contributed by atoms with Crippen LogP contribution in [0.25, 0.3) is 0 Å². The van der Waals surface area contributed by atoms with Crippen molar-refractivity contribution >= 4 is 17.8 Å². The normalized spacial score (nSPS) is 24.7. The molecule has 2 amide bonds. The van der Waals surface area contributed by atoms with E-state index in [-0.39, 0.29) is 31.4 Å². The molecule has 7 nitrogen and oxygen atoms in total. The Kier molecular flexibility index (Phi) is 3.67. The third-order valence-electron chi connectivity index (χ3n) is 4.06. The second-order valence-electron chi connectivity index (χ2n) is 5.43. The number of likely N-dealkylation sites (tertiary alicyclic amines) is 1. The summed E-state index contributed by atoms with van der Waals surface area (Å²) in [5, 5.41) is 9.76. The van der Waals surface area contributed by atoms with Crippen LogP contribution in [0.1, 0.15) is 27.1 Å². The summed E-state index contributed by atoms with van der Waals surface area (Å²) in [5.41, 5.74) is 0.726. The Morgan fingerprint density at radius 2 is 1.86 bits per heavy atom. The molecule has 3 rings (SSSR count).